The summed E-state index contributed by atoms with van der Waals surface area (Å²) in [6.45, 7) is 2.22. The van der Waals surface area contributed by atoms with Crippen LogP contribution in [0.4, 0.5) is 0 Å². The highest BCUT2D eigenvalue weighted by Crippen LogP contribution is 2.49. The van der Waals surface area contributed by atoms with Gasteiger partial charge in [-0.3, -0.25) is 0 Å². The topological polar surface area (TPSA) is 38.9 Å². The lowest BCUT2D eigenvalue weighted by atomic mass is 10.1. The largest absolute Gasteiger partial charge is 0.339 e. The van der Waals surface area contributed by atoms with E-state index in [1.807, 2.05) is 12.1 Å². The van der Waals surface area contributed by atoms with Crippen LogP contribution in [-0.4, -0.2) is 10.1 Å². The van der Waals surface area contributed by atoms with E-state index in [0.717, 1.165) is 28.5 Å². The van der Waals surface area contributed by atoms with Gasteiger partial charge in [0.2, 0.25) is 5.89 Å². The Morgan fingerprint density at radius 1 is 1.42 bits per heavy atom. The molecule has 1 aliphatic carbocycles. The molecule has 0 saturated heterocycles. The Morgan fingerprint density at radius 2 is 2.32 bits per heavy atom. The predicted octanol–water partition coefficient (Wildman–Crippen LogP) is 4.33. The summed E-state index contributed by atoms with van der Waals surface area (Å²) in [5.41, 5.74) is 1.20. The average Bonchev–Trinajstić information content (AvgIpc) is 2.99. The molecule has 100 valence electrons. The van der Waals surface area contributed by atoms with Crippen LogP contribution in [0.15, 0.2) is 33.3 Å². The number of aromatic nitrogens is 2. The Morgan fingerprint density at radius 3 is 3.11 bits per heavy atom. The molecule has 0 unspecified atom stereocenters. The van der Waals surface area contributed by atoms with Gasteiger partial charge < -0.3 is 4.52 Å². The van der Waals surface area contributed by atoms with E-state index in [1.165, 1.54) is 24.8 Å². The van der Waals surface area contributed by atoms with Gasteiger partial charge in [0.1, 0.15) is 0 Å². The molecule has 4 heteroatoms. The van der Waals surface area contributed by atoms with Crippen LogP contribution in [0.25, 0.3) is 0 Å². The highest BCUT2D eigenvalue weighted by molar-refractivity contribution is 9.10. The van der Waals surface area contributed by atoms with Gasteiger partial charge in [0.25, 0.3) is 0 Å². The van der Waals surface area contributed by atoms with Gasteiger partial charge in [-0.05, 0) is 36.5 Å². The SMILES string of the molecule is CCC[C@@H]1C[C@H]1c1nc(Cc2cccc(Br)c2)no1. The molecule has 1 aromatic heterocycles. The first kappa shape index (κ1) is 12.9. The number of nitrogens with zero attached hydrogens (tertiary/aromatic N) is 2. The van der Waals surface area contributed by atoms with E-state index in [0.29, 0.717) is 5.92 Å². The van der Waals surface area contributed by atoms with Crippen molar-refractivity contribution in [2.24, 2.45) is 5.92 Å². The van der Waals surface area contributed by atoms with Crippen molar-refractivity contribution in [3.63, 3.8) is 0 Å². The maximum absolute atomic E-state index is 5.39. The van der Waals surface area contributed by atoms with E-state index in [2.05, 4.69) is 45.1 Å². The van der Waals surface area contributed by atoms with Crippen molar-refractivity contribution >= 4 is 15.9 Å². The second-order valence-electron chi connectivity index (χ2n) is 5.25. The van der Waals surface area contributed by atoms with Crippen molar-refractivity contribution in [1.29, 1.82) is 0 Å². The van der Waals surface area contributed by atoms with Crippen molar-refractivity contribution in [3.8, 4) is 0 Å². The average molecular weight is 321 g/mol. The van der Waals surface area contributed by atoms with Crippen molar-refractivity contribution in [1.82, 2.24) is 10.1 Å². The predicted molar refractivity (Wildman–Crippen MR) is 77.0 cm³/mol. The fourth-order valence-corrected chi connectivity index (χ4v) is 3.01. The smallest absolute Gasteiger partial charge is 0.230 e. The molecule has 0 amide bonds. The van der Waals surface area contributed by atoms with Gasteiger partial charge in [-0.2, -0.15) is 4.98 Å². The summed E-state index contributed by atoms with van der Waals surface area (Å²) in [6.07, 6.45) is 4.45. The van der Waals surface area contributed by atoms with Gasteiger partial charge in [0.15, 0.2) is 5.82 Å². The molecule has 0 N–H and O–H groups in total. The van der Waals surface area contributed by atoms with Crippen LogP contribution < -0.4 is 0 Å². The van der Waals surface area contributed by atoms with Gasteiger partial charge in [0.05, 0.1) is 0 Å². The molecule has 2 atom stereocenters. The van der Waals surface area contributed by atoms with E-state index in [-0.39, 0.29) is 0 Å². The van der Waals surface area contributed by atoms with Crippen LogP contribution in [0.5, 0.6) is 0 Å². The second kappa shape index (κ2) is 5.45. The minimum atomic E-state index is 0.517. The van der Waals surface area contributed by atoms with E-state index < -0.39 is 0 Å². The first-order valence-electron chi connectivity index (χ1n) is 6.83. The van der Waals surface area contributed by atoms with Crippen molar-refractivity contribution in [2.45, 2.75) is 38.5 Å². The van der Waals surface area contributed by atoms with Gasteiger partial charge in [-0.15, -0.1) is 0 Å². The quantitative estimate of drug-likeness (QED) is 0.823. The summed E-state index contributed by atoms with van der Waals surface area (Å²) in [6, 6.07) is 8.22. The number of rotatable bonds is 5. The zero-order chi connectivity index (χ0) is 13.2. The zero-order valence-corrected chi connectivity index (χ0v) is 12.6. The van der Waals surface area contributed by atoms with Crippen molar-refractivity contribution in [2.75, 3.05) is 0 Å². The van der Waals surface area contributed by atoms with Crippen molar-refractivity contribution < 1.29 is 4.52 Å². The van der Waals surface area contributed by atoms with Crippen LogP contribution >= 0.6 is 15.9 Å². The molecule has 19 heavy (non-hydrogen) atoms. The Labute approximate surface area is 121 Å². The molecule has 1 aliphatic rings. The van der Waals surface area contributed by atoms with Gasteiger partial charge in [-0.1, -0.05) is 46.6 Å². The fraction of sp³-hybridized carbons (Fsp3) is 0.467. The van der Waals surface area contributed by atoms with E-state index >= 15 is 0 Å². The lowest BCUT2D eigenvalue weighted by molar-refractivity contribution is 0.370. The number of benzene rings is 1. The fourth-order valence-electron chi connectivity index (χ4n) is 2.56. The lowest BCUT2D eigenvalue weighted by Crippen LogP contribution is -1.91. The minimum absolute atomic E-state index is 0.517. The molecule has 3 nitrogen and oxygen atoms in total. The molecule has 1 aromatic carbocycles. The summed E-state index contributed by atoms with van der Waals surface area (Å²) in [4.78, 5) is 4.54. The summed E-state index contributed by atoms with van der Waals surface area (Å²) in [7, 11) is 0. The second-order valence-corrected chi connectivity index (χ2v) is 6.16. The molecule has 3 rings (SSSR count). The molecule has 0 aliphatic heterocycles. The van der Waals surface area contributed by atoms with Gasteiger partial charge in [-0.25, -0.2) is 0 Å². The van der Waals surface area contributed by atoms with Crippen LogP contribution in [0, 0.1) is 5.92 Å². The van der Waals surface area contributed by atoms with Gasteiger partial charge in [0, 0.05) is 16.8 Å². The molecule has 1 fully saturated rings. The summed E-state index contributed by atoms with van der Waals surface area (Å²) in [5.74, 6) is 2.91. The first-order valence-corrected chi connectivity index (χ1v) is 7.62. The molecule has 1 heterocycles. The van der Waals surface area contributed by atoms with E-state index in [4.69, 9.17) is 4.52 Å². The Hall–Kier alpha value is -1.16. The van der Waals surface area contributed by atoms with E-state index in [9.17, 15) is 0 Å². The van der Waals surface area contributed by atoms with E-state index in [1.54, 1.807) is 0 Å². The molecule has 0 spiro atoms. The van der Waals surface area contributed by atoms with Crippen LogP contribution in [0.3, 0.4) is 0 Å². The highest BCUT2D eigenvalue weighted by atomic mass is 79.9. The Bertz CT molecular complexity index is 567. The number of hydrogen-bond acceptors (Lipinski definition) is 3. The number of hydrogen-bond donors (Lipinski definition) is 0. The first-order chi connectivity index (χ1) is 9.26. The van der Waals surface area contributed by atoms with Gasteiger partial charge >= 0.3 is 0 Å². The zero-order valence-electron chi connectivity index (χ0n) is 11.0. The standard InChI is InChI=1S/C15H17BrN2O/c1-2-4-11-9-13(11)15-17-14(18-19-15)8-10-5-3-6-12(16)7-10/h3,5-7,11,13H,2,4,8-9H2,1H3/t11-,13-/m1/s1. The van der Waals surface area contributed by atoms with Crippen LogP contribution in [0.2, 0.25) is 0 Å². The third-order valence-electron chi connectivity index (χ3n) is 3.63. The Balaban J connectivity index is 1.66. The summed E-state index contributed by atoms with van der Waals surface area (Å²) < 4.78 is 6.48. The normalized spacial score (nSPS) is 21.6. The van der Waals surface area contributed by atoms with Crippen LogP contribution in [0.1, 0.15) is 49.4 Å². The maximum atomic E-state index is 5.39. The minimum Gasteiger partial charge on any atom is -0.339 e. The molecule has 0 radical (unpaired) electrons. The summed E-state index contributed by atoms with van der Waals surface area (Å²) in [5, 5.41) is 4.10. The summed E-state index contributed by atoms with van der Waals surface area (Å²) >= 11 is 3.47. The molecule has 0 bridgehead atoms. The Kier molecular flexibility index (Phi) is 3.69. The molecular weight excluding hydrogens is 304 g/mol. The van der Waals surface area contributed by atoms with Crippen LogP contribution in [-0.2, 0) is 6.42 Å². The molecule has 1 saturated carbocycles. The maximum Gasteiger partial charge on any atom is 0.230 e. The number of halogens is 1. The molecular formula is C15H17BrN2O. The third-order valence-corrected chi connectivity index (χ3v) is 4.13. The molecule has 2 aromatic rings. The lowest BCUT2D eigenvalue weighted by Gasteiger charge is -1.96. The monoisotopic (exact) mass is 320 g/mol. The van der Waals surface area contributed by atoms with Crippen molar-refractivity contribution in [3.05, 3.63) is 46.0 Å². The highest BCUT2D eigenvalue weighted by Gasteiger charge is 2.41. The third kappa shape index (κ3) is 3.06.